The first-order chi connectivity index (χ1) is 7.56. The number of hydrazine groups is 1. The second kappa shape index (κ2) is 5.21. The van der Waals surface area contributed by atoms with Gasteiger partial charge >= 0.3 is 5.69 Å². The average Bonchev–Trinajstić information content (AvgIpc) is 2.16. The molecule has 0 spiro atoms. The van der Waals surface area contributed by atoms with E-state index in [0.717, 1.165) is 0 Å². The first-order valence-corrected chi connectivity index (χ1v) is 4.62. The number of hydrogen-bond acceptors (Lipinski definition) is 7. The van der Waals surface area contributed by atoms with Gasteiger partial charge in [0.15, 0.2) is 0 Å². The summed E-state index contributed by atoms with van der Waals surface area (Å²) in [6, 6.07) is 0. The van der Waals surface area contributed by atoms with Gasteiger partial charge in [-0.25, -0.2) is 9.99 Å². The molecule has 0 saturated carbocycles. The van der Waals surface area contributed by atoms with Crippen molar-refractivity contribution in [2.24, 2.45) is 0 Å². The third-order valence-electron chi connectivity index (χ3n) is 1.58. The Bertz CT molecular complexity index is 382. The maximum atomic E-state index is 10.9. The van der Waals surface area contributed by atoms with E-state index in [1.165, 1.54) is 6.33 Å². The van der Waals surface area contributed by atoms with Gasteiger partial charge in [0.1, 0.15) is 6.33 Å². The molecule has 8 nitrogen and oxygen atoms in total. The SMILES string of the molecule is CCOc1ncnc(NN(C)C)c1[N+](=O)[O-]. The van der Waals surface area contributed by atoms with Crippen LogP contribution in [0.15, 0.2) is 6.33 Å². The van der Waals surface area contributed by atoms with E-state index in [0.29, 0.717) is 6.61 Å². The standard InChI is InChI=1S/C8H13N5O3/c1-4-16-8-6(13(14)15)7(9-5-10-8)11-12(2)3/h5H,4H2,1-3H3,(H,9,10,11). The predicted molar refractivity (Wildman–Crippen MR) is 57.2 cm³/mol. The molecule has 1 N–H and O–H groups in total. The number of rotatable bonds is 5. The highest BCUT2D eigenvalue weighted by Crippen LogP contribution is 2.30. The summed E-state index contributed by atoms with van der Waals surface area (Å²) in [5, 5.41) is 12.4. The summed E-state index contributed by atoms with van der Waals surface area (Å²) in [5.74, 6) is 0.0697. The quantitative estimate of drug-likeness (QED) is 0.583. The lowest BCUT2D eigenvalue weighted by Gasteiger charge is -2.13. The van der Waals surface area contributed by atoms with Gasteiger partial charge in [0.25, 0.3) is 5.88 Å². The summed E-state index contributed by atoms with van der Waals surface area (Å²) in [4.78, 5) is 17.8. The fraction of sp³-hybridized carbons (Fsp3) is 0.500. The van der Waals surface area contributed by atoms with E-state index in [1.54, 1.807) is 26.0 Å². The van der Waals surface area contributed by atoms with Crippen LogP contribution in [0.3, 0.4) is 0 Å². The van der Waals surface area contributed by atoms with E-state index in [2.05, 4.69) is 15.4 Å². The minimum atomic E-state index is -0.573. The molecule has 1 aromatic rings. The third kappa shape index (κ3) is 2.76. The van der Waals surface area contributed by atoms with E-state index in [1.807, 2.05) is 0 Å². The Kier molecular flexibility index (Phi) is 3.95. The van der Waals surface area contributed by atoms with E-state index >= 15 is 0 Å². The maximum absolute atomic E-state index is 10.9. The minimum absolute atomic E-state index is 0.0353. The molecule has 0 fully saturated rings. The summed E-state index contributed by atoms with van der Waals surface area (Å²) >= 11 is 0. The topological polar surface area (TPSA) is 93.4 Å². The summed E-state index contributed by atoms with van der Waals surface area (Å²) in [6.07, 6.45) is 1.21. The van der Waals surface area contributed by atoms with Crippen molar-refractivity contribution in [2.45, 2.75) is 6.92 Å². The van der Waals surface area contributed by atoms with Crippen LogP contribution in [0.2, 0.25) is 0 Å². The molecule has 1 rings (SSSR count). The number of nitrogens with one attached hydrogen (secondary N) is 1. The van der Waals surface area contributed by atoms with Crippen molar-refractivity contribution in [2.75, 3.05) is 26.1 Å². The number of ether oxygens (including phenoxy) is 1. The Balaban J connectivity index is 3.16. The van der Waals surface area contributed by atoms with Crippen molar-refractivity contribution in [3.05, 3.63) is 16.4 Å². The van der Waals surface area contributed by atoms with E-state index < -0.39 is 4.92 Å². The molecule has 8 heteroatoms. The first-order valence-electron chi connectivity index (χ1n) is 4.62. The van der Waals surface area contributed by atoms with Gasteiger partial charge in [-0.3, -0.25) is 15.5 Å². The van der Waals surface area contributed by atoms with Gasteiger partial charge in [-0.05, 0) is 6.92 Å². The fourth-order valence-corrected chi connectivity index (χ4v) is 1.06. The average molecular weight is 227 g/mol. The van der Waals surface area contributed by atoms with Crippen molar-refractivity contribution in [3.63, 3.8) is 0 Å². The number of aromatic nitrogens is 2. The molecule has 0 atom stereocenters. The van der Waals surface area contributed by atoms with Crippen LogP contribution in [0.4, 0.5) is 11.5 Å². The number of hydrogen-bond donors (Lipinski definition) is 1. The molecule has 1 aromatic heterocycles. The number of nitrogens with zero attached hydrogens (tertiary/aromatic N) is 4. The van der Waals surface area contributed by atoms with Gasteiger partial charge in [0, 0.05) is 14.1 Å². The summed E-state index contributed by atoms with van der Waals surface area (Å²) < 4.78 is 5.07. The highest BCUT2D eigenvalue weighted by molar-refractivity contribution is 5.60. The second-order valence-electron chi connectivity index (χ2n) is 3.07. The van der Waals surface area contributed by atoms with Crippen molar-refractivity contribution in [3.8, 4) is 5.88 Å². The molecule has 1 heterocycles. The Hall–Kier alpha value is -1.96. The van der Waals surface area contributed by atoms with Gasteiger partial charge < -0.3 is 4.74 Å². The molecule has 0 bridgehead atoms. The van der Waals surface area contributed by atoms with Crippen molar-refractivity contribution < 1.29 is 9.66 Å². The Morgan fingerprint density at radius 3 is 2.75 bits per heavy atom. The van der Waals surface area contributed by atoms with Gasteiger partial charge in [-0.15, -0.1) is 0 Å². The molecule has 0 saturated heterocycles. The van der Waals surface area contributed by atoms with Gasteiger partial charge in [0.2, 0.25) is 5.82 Å². The molecule has 88 valence electrons. The number of nitro groups is 1. The van der Waals surface area contributed by atoms with Crippen LogP contribution in [0.25, 0.3) is 0 Å². The van der Waals surface area contributed by atoms with E-state index in [4.69, 9.17) is 4.74 Å². The van der Waals surface area contributed by atoms with Crippen LogP contribution < -0.4 is 10.2 Å². The molecule has 0 aliphatic heterocycles. The third-order valence-corrected chi connectivity index (χ3v) is 1.58. The maximum Gasteiger partial charge on any atom is 0.374 e. The van der Waals surface area contributed by atoms with Crippen LogP contribution in [-0.4, -0.2) is 40.6 Å². The predicted octanol–water partition coefficient (Wildman–Crippen LogP) is 0.672. The van der Waals surface area contributed by atoms with Crippen LogP contribution in [-0.2, 0) is 0 Å². The zero-order valence-corrected chi connectivity index (χ0v) is 9.30. The van der Waals surface area contributed by atoms with Crippen molar-refractivity contribution >= 4 is 11.5 Å². The van der Waals surface area contributed by atoms with Gasteiger partial charge in [-0.2, -0.15) is 4.98 Å². The molecule has 0 aliphatic rings. The lowest BCUT2D eigenvalue weighted by molar-refractivity contribution is -0.385. The highest BCUT2D eigenvalue weighted by atomic mass is 16.6. The van der Waals surface area contributed by atoms with Crippen LogP contribution in [0.1, 0.15) is 6.92 Å². The van der Waals surface area contributed by atoms with Crippen LogP contribution in [0, 0.1) is 10.1 Å². The zero-order valence-electron chi connectivity index (χ0n) is 9.30. The smallest absolute Gasteiger partial charge is 0.374 e. The molecular formula is C8H13N5O3. The molecule has 0 amide bonds. The van der Waals surface area contributed by atoms with Gasteiger partial charge in [0.05, 0.1) is 11.5 Å². The van der Waals surface area contributed by atoms with Crippen molar-refractivity contribution in [1.29, 1.82) is 0 Å². The molecular weight excluding hydrogens is 214 g/mol. The monoisotopic (exact) mass is 227 g/mol. The minimum Gasteiger partial charge on any atom is -0.473 e. The molecule has 0 unspecified atom stereocenters. The molecule has 0 aliphatic carbocycles. The molecule has 0 aromatic carbocycles. The Labute approximate surface area is 92.4 Å². The highest BCUT2D eigenvalue weighted by Gasteiger charge is 2.24. The molecule has 0 radical (unpaired) electrons. The molecule has 16 heavy (non-hydrogen) atoms. The van der Waals surface area contributed by atoms with Crippen LogP contribution >= 0.6 is 0 Å². The number of anilines is 1. The van der Waals surface area contributed by atoms with Crippen molar-refractivity contribution in [1.82, 2.24) is 15.0 Å². The fourth-order valence-electron chi connectivity index (χ4n) is 1.06. The second-order valence-corrected chi connectivity index (χ2v) is 3.07. The largest absolute Gasteiger partial charge is 0.473 e. The Morgan fingerprint density at radius 1 is 1.56 bits per heavy atom. The summed E-state index contributed by atoms with van der Waals surface area (Å²) in [5.41, 5.74) is 2.45. The normalized spacial score (nSPS) is 10.2. The van der Waals surface area contributed by atoms with E-state index in [-0.39, 0.29) is 17.4 Å². The Morgan fingerprint density at radius 2 is 2.25 bits per heavy atom. The lowest BCUT2D eigenvalue weighted by atomic mass is 10.4. The zero-order chi connectivity index (χ0) is 12.1. The summed E-state index contributed by atoms with van der Waals surface area (Å²) in [6.45, 7) is 2.03. The van der Waals surface area contributed by atoms with Gasteiger partial charge in [-0.1, -0.05) is 0 Å². The summed E-state index contributed by atoms with van der Waals surface area (Å²) in [7, 11) is 3.40. The van der Waals surface area contributed by atoms with Crippen LogP contribution in [0.5, 0.6) is 5.88 Å². The first kappa shape index (κ1) is 12.1. The lowest BCUT2D eigenvalue weighted by Crippen LogP contribution is -2.21. The van der Waals surface area contributed by atoms with E-state index in [9.17, 15) is 10.1 Å².